The molecule has 0 aliphatic heterocycles. The molecule has 4 nitrogen and oxygen atoms in total. The first-order valence-corrected chi connectivity index (χ1v) is 5.16. The van der Waals surface area contributed by atoms with Crippen molar-refractivity contribution in [3.8, 4) is 5.95 Å². The third kappa shape index (κ3) is 2.06. The minimum Gasteiger partial charge on any atom is -0.446 e. The highest BCUT2D eigenvalue weighted by atomic mass is 16.6. The van der Waals surface area contributed by atoms with Crippen LogP contribution in [0.5, 0.6) is 5.95 Å². The first-order chi connectivity index (χ1) is 7.70. The van der Waals surface area contributed by atoms with E-state index in [1.165, 1.54) is 6.07 Å². The zero-order valence-electron chi connectivity index (χ0n) is 8.97. The van der Waals surface area contributed by atoms with Crippen molar-refractivity contribution in [2.24, 2.45) is 5.73 Å². The normalized spacial score (nSPS) is 12.6. The predicted octanol–water partition coefficient (Wildman–Crippen LogP) is 1.87. The SMILES string of the molecule is CCC(N)Oc1cc(=O)c2ccccc2o1. The van der Waals surface area contributed by atoms with Crippen LogP contribution in [0.4, 0.5) is 0 Å². The second-order valence-electron chi connectivity index (χ2n) is 3.49. The molecular formula is C12H13NO3. The Morgan fingerprint density at radius 2 is 2.19 bits per heavy atom. The Labute approximate surface area is 92.6 Å². The van der Waals surface area contributed by atoms with E-state index in [2.05, 4.69) is 0 Å². The van der Waals surface area contributed by atoms with Gasteiger partial charge in [-0.1, -0.05) is 19.1 Å². The highest BCUT2D eigenvalue weighted by Crippen LogP contribution is 2.17. The van der Waals surface area contributed by atoms with Crippen LogP contribution in [0, 0.1) is 0 Å². The fourth-order valence-electron chi connectivity index (χ4n) is 1.37. The smallest absolute Gasteiger partial charge is 0.290 e. The van der Waals surface area contributed by atoms with E-state index in [4.69, 9.17) is 14.9 Å². The third-order valence-corrected chi connectivity index (χ3v) is 2.28. The maximum Gasteiger partial charge on any atom is 0.290 e. The van der Waals surface area contributed by atoms with Crippen LogP contribution in [0.1, 0.15) is 13.3 Å². The van der Waals surface area contributed by atoms with Crippen LogP contribution in [-0.4, -0.2) is 6.23 Å². The minimum atomic E-state index is -0.454. The predicted molar refractivity (Wildman–Crippen MR) is 61.4 cm³/mol. The lowest BCUT2D eigenvalue weighted by atomic mass is 10.2. The van der Waals surface area contributed by atoms with Crippen molar-refractivity contribution < 1.29 is 9.15 Å². The lowest BCUT2D eigenvalue weighted by Gasteiger charge is -2.10. The largest absolute Gasteiger partial charge is 0.446 e. The van der Waals surface area contributed by atoms with Crippen LogP contribution >= 0.6 is 0 Å². The number of benzene rings is 1. The van der Waals surface area contributed by atoms with Crippen LogP contribution in [0.25, 0.3) is 11.0 Å². The van der Waals surface area contributed by atoms with Gasteiger partial charge < -0.3 is 9.15 Å². The van der Waals surface area contributed by atoms with Crippen molar-refractivity contribution in [1.82, 2.24) is 0 Å². The lowest BCUT2D eigenvalue weighted by Crippen LogP contribution is -2.26. The lowest BCUT2D eigenvalue weighted by molar-refractivity contribution is 0.159. The van der Waals surface area contributed by atoms with E-state index in [1.54, 1.807) is 24.3 Å². The molecular weight excluding hydrogens is 206 g/mol. The van der Waals surface area contributed by atoms with Crippen molar-refractivity contribution >= 4 is 11.0 Å². The molecule has 0 radical (unpaired) electrons. The fraction of sp³-hybridized carbons (Fsp3) is 0.250. The molecule has 1 heterocycles. The second kappa shape index (κ2) is 4.37. The van der Waals surface area contributed by atoms with Gasteiger partial charge in [-0.3, -0.25) is 10.5 Å². The number of para-hydroxylation sites is 1. The molecule has 2 rings (SSSR count). The van der Waals surface area contributed by atoms with Gasteiger partial charge in [-0.15, -0.1) is 0 Å². The van der Waals surface area contributed by atoms with Crippen molar-refractivity contribution in [2.75, 3.05) is 0 Å². The maximum atomic E-state index is 11.7. The summed E-state index contributed by atoms with van der Waals surface area (Å²) in [5.41, 5.74) is 6.00. The van der Waals surface area contributed by atoms with E-state index in [9.17, 15) is 4.79 Å². The molecule has 16 heavy (non-hydrogen) atoms. The van der Waals surface area contributed by atoms with Crippen molar-refractivity contribution in [2.45, 2.75) is 19.6 Å². The van der Waals surface area contributed by atoms with E-state index in [0.29, 0.717) is 17.4 Å². The molecule has 0 bridgehead atoms. The van der Waals surface area contributed by atoms with Gasteiger partial charge in [-0.05, 0) is 18.6 Å². The molecule has 1 atom stereocenters. The molecule has 2 aromatic rings. The number of rotatable bonds is 3. The first-order valence-electron chi connectivity index (χ1n) is 5.16. The number of nitrogens with two attached hydrogens (primary N) is 1. The van der Waals surface area contributed by atoms with E-state index in [-0.39, 0.29) is 11.4 Å². The molecule has 0 saturated heterocycles. The number of ether oxygens (including phenoxy) is 1. The summed E-state index contributed by atoms with van der Waals surface area (Å²) in [5.74, 6) is 0.165. The van der Waals surface area contributed by atoms with Crippen LogP contribution in [-0.2, 0) is 0 Å². The molecule has 0 amide bonds. The quantitative estimate of drug-likeness (QED) is 0.800. The van der Waals surface area contributed by atoms with Crippen LogP contribution in [0.15, 0.2) is 39.5 Å². The van der Waals surface area contributed by atoms with Crippen molar-refractivity contribution in [3.05, 3.63) is 40.6 Å². The first kappa shape index (κ1) is 10.7. The standard InChI is InChI=1S/C12H13NO3/c1-2-11(13)16-12-7-9(14)8-5-3-4-6-10(8)15-12/h3-7,11H,2,13H2,1H3. The molecule has 0 fully saturated rings. The van der Waals surface area contributed by atoms with Gasteiger partial charge in [0.05, 0.1) is 11.5 Å². The summed E-state index contributed by atoms with van der Waals surface area (Å²) in [5, 5.41) is 0.542. The van der Waals surface area contributed by atoms with Crippen LogP contribution in [0.2, 0.25) is 0 Å². The van der Waals surface area contributed by atoms with E-state index in [1.807, 2.05) is 6.92 Å². The Balaban J connectivity index is 2.46. The average Bonchev–Trinajstić information content (AvgIpc) is 2.29. The Morgan fingerprint density at radius 1 is 1.44 bits per heavy atom. The summed E-state index contributed by atoms with van der Waals surface area (Å²) in [4.78, 5) is 11.7. The fourth-order valence-corrected chi connectivity index (χ4v) is 1.37. The van der Waals surface area contributed by atoms with E-state index < -0.39 is 6.23 Å². The maximum absolute atomic E-state index is 11.7. The van der Waals surface area contributed by atoms with Crippen LogP contribution < -0.4 is 15.9 Å². The second-order valence-corrected chi connectivity index (χ2v) is 3.49. The number of fused-ring (bicyclic) bond motifs is 1. The molecule has 1 aromatic carbocycles. The third-order valence-electron chi connectivity index (χ3n) is 2.28. The monoisotopic (exact) mass is 219 g/mol. The van der Waals surface area contributed by atoms with Gasteiger partial charge in [0, 0.05) is 0 Å². The average molecular weight is 219 g/mol. The summed E-state index contributed by atoms with van der Waals surface area (Å²) >= 11 is 0. The summed E-state index contributed by atoms with van der Waals surface area (Å²) in [7, 11) is 0. The van der Waals surface area contributed by atoms with Gasteiger partial charge in [0.25, 0.3) is 5.95 Å². The molecule has 84 valence electrons. The molecule has 1 unspecified atom stereocenters. The number of hydrogen-bond acceptors (Lipinski definition) is 4. The van der Waals surface area contributed by atoms with Crippen molar-refractivity contribution in [3.63, 3.8) is 0 Å². The molecule has 0 aliphatic rings. The van der Waals surface area contributed by atoms with E-state index in [0.717, 1.165) is 0 Å². The molecule has 0 aliphatic carbocycles. The highest BCUT2D eigenvalue weighted by Gasteiger charge is 2.07. The van der Waals surface area contributed by atoms with Gasteiger partial charge in [-0.2, -0.15) is 0 Å². The zero-order valence-corrected chi connectivity index (χ0v) is 8.97. The molecule has 0 saturated carbocycles. The summed E-state index contributed by atoms with van der Waals surface area (Å²) < 4.78 is 10.7. The summed E-state index contributed by atoms with van der Waals surface area (Å²) in [6, 6.07) is 8.34. The molecule has 2 N–H and O–H groups in total. The molecule has 0 spiro atoms. The molecule has 4 heteroatoms. The van der Waals surface area contributed by atoms with Gasteiger partial charge >= 0.3 is 0 Å². The number of hydrogen-bond donors (Lipinski definition) is 1. The topological polar surface area (TPSA) is 65.5 Å². The highest BCUT2D eigenvalue weighted by molar-refractivity contribution is 5.76. The zero-order chi connectivity index (χ0) is 11.5. The van der Waals surface area contributed by atoms with E-state index >= 15 is 0 Å². The van der Waals surface area contributed by atoms with Gasteiger partial charge in [0.1, 0.15) is 5.58 Å². The van der Waals surface area contributed by atoms with Gasteiger partial charge in [0.15, 0.2) is 11.7 Å². The minimum absolute atomic E-state index is 0.125. The summed E-state index contributed by atoms with van der Waals surface area (Å²) in [6.07, 6.45) is 0.195. The molecule has 1 aromatic heterocycles. The Hall–Kier alpha value is -1.81. The Bertz CT molecular complexity index is 547. The Morgan fingerprint density at radius 3 is 2.94 bits per heavy atom. The van der Waals surface area contributed by atoms with Crippen LogP contribution in [0.3, 0.4) is 0 Å². The van der Waals surface area contributed by atoms with Gasteiger partial charge in [-0.25, -0.2) is 0 Å². The van der Waals surface area contributed by atoms with Crippen molar-refractivity contribution in [1.29, 1.82) is 0 Å². The van der Waals surface area contributed by atoms with Gasteiger partial charge in [0.2, 0.25) is 0 Å². The summed E-state index contributed by atoms with van der Waals surface area (Å²) in [6.45, 7) is 1.89. The Kier molecular flexibility index (Phi) is 2.92.